The summed E-state index contributed by atoms with van der Waals surface area (Å²) in [6.45, 7) is 1.89. The third kappa shape index (κ3) is 4.02. The Labute approximate surface area is 153 Å². The van der Waals surface area contributed by atoms with E-state index < -0.39 is 6.04 Å². The molecule has 130 valence electrons. The fourth-order valence-corrected chi connectivity index (χ4v) is 3.86. The van der Waals surface area contributed by atoms with Crippen LogP contribution < -0.4 is 5.32 Å². The number of hydrogen-bond acceptors (Lipinski definition) is 4. The van der Waals surface area contributed by atoms with Gasteiger partial charge in [0.25, 0.3) is 0 Å². The average Bonchev–Trinajstić information content (AvgIpc) is 3.11. The molecule has 5 nitrogen and oxygen atoms in total. The molecule has 2 heterocycles. The van der Waals surface area contributed by atoms with Crippen molar-refractivity contribution in [3.8, 4) is 0 Å². The number of aromatic amines is 1. The zero-order valence-corrected chi connectivity index (χ0v) is 15.4. The first kappa shape index (κ1) is 17.5. The lowest BCUT2D eigenvalue weighted by Gasteiger charge is -2.19. The smallest absolute Gasteiger partial charge is 0.226 e. The Kier molecular flexibility index (Phi) is 5.10. The van der Waals surface area contributed by atoms with Crippen LogP contribution in [0.5, 0.6) is 0 Å². The molecule has 2 aromatic heterocycles. The number of hydrogen-bond donors (Lipinski definition) is 2. The monoisotopic (exact) mass is 376 g/mol. The van der Waals surface area contributed by atoms with E-state index >= 15 is 0 Å². The first-order valence-corrected chi connectivity index (χ1v) is 8.87. The summed E-state index contributed by atoms with van der Waals surface area (Å²) in [5.74, 6) is 0.209. The minimum Gasteiger partial charge on any atom is -0.342 e. The van der Waals surface area contributed by atoms with Gasteiger partial charge in [0.1, 0.15) is 17.7 Å². The molecular formula is C17H17FN4OS2. The van der Waals surface area contributed by atoms with Gasteiger partial charge in [-0.2, -0.15) is 0 Å². The van der Waals surface area contributed by atoms with E-state index in [1.165, 1.54) is 23.5 Å². The molecule has 8 heteroatoms. The van der Waals surface area contributed by atoms with Crippen molar-refractivity contribution in [1.82, 2.24) is 19.9 Å². The lowest BCUT2D eigenvalue weighted by atomic mass is 10.1. The van der Waals surface area contributed by atoms with Crippen LogP contribution in [0.3, 0.4) is 0 Å². The highest BCUT2D eigenvalue weighted by molar-refractivity contribution is 7.73. The largest absolute Gasteiger partial charge is 0.342 e. The van der Waals surface area contributed by atoms with Gasteiger partial charge >= 0.3 is 0 Å². The molecule has 1 amide bonds. The Hall–Kier alpha value is -2.32. The number of nitrogens with one attached hydrogen (secondary N) is 2. The molecule has 0 aliphatic rings. The second-order valence-corrected chi connectivity index (χ2v) is 7.46. The van der Waals surface area contributed by atoms with Crippen molar-refractivity contribution in [3.05, 3.63) is 68.4 Å². The van der Waals surface area contributed by atoms with Gasteiger partial charge in [0.2, 0.25) is 5.91 Å². The summed E-state index contributed by atoms with van der Waals surface area (Å²) in [5, 5.41) is 3.00. The Bertz CT molecular complexity index is 942. The lowest BCUT2D eigenvalue weighted by Crippen LogP contribution is -2.32. The molecule has 0 radical (unpaired) electrons. The molecule has 0 aliphatic carbocycles. The molecule has 1 atom stereocenters. The van der Waals surface area contributed by atoms with Crippen molar-refractivity contribution in [1.29, 1.82) is 0 Å². The summed E-state index contributed by atoms with van der Waals surface area (Å²) >= 11 is 6.51. The normalized spacial score (nSPS) is 12.1. The van der Waals surface area contributed by atoms with Crippen LogP contribution in [0.15, 0.2) is 36.7 Å². The van der Waals surface area contributed by atoms with E-state index in [0.717, 1.165) is 16.1 Å². The molecule has 1 aromatic carbocycles. The summed E-state index contributed by atoms with van der Waals surface area (Å²) in [6.07, 6.45) is 3.70. The second-order valence-electron chi connectivity index (χ2n) is 5.69. The van der Waals surface area contributed by atoms with Crippen LogP contribution in [0.4, 0.5) is 4.39 Å². The number of carbonyl (C=O) groups excluding carboxylic acids is 1. The summed E-state index contributed by atoms with van der Waals surface area (Å²) < 4.78 is 15.7. The summed E-state index contributed by atoms with van der Waals surface area (Å²) in [6, 6.07) is 5.60. The standard InChI is InChI=1S/C17H17FN4OS2/c1-10-13(25-17(24)20-10)9-14(23)21-15(16-19-7-8-22(16)2)11-3-5-12(18)6-4-11/h3-8,15H,9H2,1-2H3,(H,20,24)(H,21,23)/t15-/m1/s1. The van der Waals surface area contributed by atoms with Gasteiger partial charge in [-0.1, -0.05) is 12.1 Å². The Morgan fingerprint density at radius 3 is 2.72 bits per heavy atom. The Morgan fingerprint density at radius 2 is 2.16 bits per heavy atom. The molecule has 0 fully saturated rings. The van der Waals surface area contributed by atoms with E-state index in [1.54, 1.807) is 24.5 Å². The molecule has 2 N–H and O–H groups in total. The number of nitrogens with zero attached hydrogens (tertiary/aromatic N) is 2. The van der Waals surface area contributed by atoms with Crippen LogP contribution in [0.25, 0.3) is 0 Å². The van der Waals surface area contributed by atoms with Gasteiger partial charge in [-0.15, -0.1) is 11.3 Å². The summed E-state index contributed by atoms with van der Waals surface area (Å²) in [5.41, 5.74) is 1.67. The van der Waals surface area contributed by atoms with Crippen LogP contribution in [0.2, 0.25) is 0 Å². The number of amides is 1. The number of thiazole rings is 1. The first-order valence-electron chi connectivity index (χ1n) is 7.64. The van der Waals surface area contributed by atoms with E-state index in [9.17, 15) is 9.18 Å². The maximum atomic E-state index is 13.2. The van der Waals surface area contributed by atoms with Crippen molar-refractivity contribution in [3.63, 3.8) is 0 Å². The lowest BCUT2D eigenvalue weighted by molar-refractivity contribution is -0.121. The molecule has 0 bridgehead atoms. The van der Waals surface area contributed by atoms with Gasteiger partial charge in [0.05, 0.1) is 6.42 Å². The highest BCUT2D eigenvalue weighted by Gasteiger charge is 2.21. The van der Waals surface area contributed by atoms with Crippen molar-refractivity contribution in [2.75, 3.05) is 0 Å². The zero-order valence-electron chi connectivity index (χ0n) is 13.7. The number of carbonyl (C=O) groups is 1. The van der Waals surface area contributed by atoms with Crippen molar-refractivity contribution >= 4 is 29.5 Å². The van der Waals surface area contributed by atoms with Gasteiger partial charge in [-0.25, -0.2) is 9.37 Å². The number of H-pyrrole nitrogens is 1. The maximum absolute atomic E-state index is 13.2. The van der Waals surface area contributed by atoms with Gasteiger partial charge in [0, 0.05) is 30.0 Å². The van der Waals surface area contributed by atoms with Crippen molar-refractivity contribution in [2.24, 2.45) is 7.05 Å². The maximum Gasteiger partial charge on any atom is 0.226 e. The summed E-state index contributed by atoms with van der Waals surface area (Å²) in [4.78, 5) is 20.8. The Morgan fingerprint density at radius 1 is 1.44 bits per heavy atom. The molecule has 0 aliphatic heterocycles. The van der Waals surface area contributed by atoms with E-state index in [4.69, 9.17) is 12.2 Å². The average molecular weight is 376 g/mol. The first-order chi connectivity index (χ1) is 11.9. The van der Waals surface area contributed by atoms with Gasteiger partial charge in [-0.3, -0.25) is 4.79 Å². The topological polar surface area (TPSA) is 62.7 Å². The molecule has 0 saturated heterocycles. The number of aromatic nitrogens is 3. The highest BCUT2D eigenvalue weighted by Crippen LogP contribution is 2.22. The number of rotatable bonds is 5. The van der Waals surface area contributed by atoms with Crippen LogP contribution in [0, 0.1) is 16.7 Å². The second kappa shape index (κ2) is 7.28. The molecule has 0 unspecified atom stereocenters. The predicted octanol–water partition coefficient (Wildman–Crippen LogP) is 3.44. The quantitative estimate of drug-likeness (QED) is 0.671. The molecular weight excluding hydrogens is 359 g/mol. The van der Waals surface area contributed by atoms with E-state index in [-0.39, 0.29) is 18.1 Å². The number of benzene rings is 1. The predicted molar refractivity (Wildman–Crippen MR) is 97.5 cm³/mol. The fourth-order valence-electron chi connectivity index (χ4n) is 2.57. The SMILES string of the molecule is Cc1[nH]c(=S)sc1CC(=O)N[C@H](c1ccc(F)cc1)c1nccn1C. The third-order valence-electron chi connectivity index (χ3n) is 3.87. The van der Waals surface area contributed by atoms with Crippen LogP contribution in [-0.2, 0) is 18.3 Å². The van der Waals surface area contributed by atoms with E-state index in [0.29, 0.717) is 9.78 Å². The summed E-state index contributed by atoms with van der Waals surface area (Å²) in [7, 11) is 1.85. The third-order valence-corrected chi connectivity index (χ3v) is 5.21. The number of aryl methyl sites for hydroxylation is 2. The zero-order chi connectivity index (χ0) is 18.0. The Balaban J connectivity index is 1.86. The molecule has 0 spiro atoms. The van der Waals surface area contributed by atoms with Gasteiger partial charge in [0.15, 0.2) is 3.95 Å². The van der Waals surface area contributed by atoms with Crippen LogP contribution in [0.1, 0.15) is 28.0 Å². The van der Waals surface area contributed by atoms with Gasteiger partial charge < -0.3 is 14.9 Å². The van der Waals surface area contributed by atoms with Crippen LogP contribution in [-0.4, -0.2) is 20.4 Å². The van der Waals surface area contributed by atoms with Crippen molar-refractivity contribution < 1.29 is 9.18 Å². The van der Waals surface area contributed by atoms with E-state index in [1.807, 2.05) is 18.5 Å². The van der Waals surface area contributed by atoms with Crippen molar-refractivity contribution in [2.45, 2.75) is 19.4 Å². The number of halogens is 1. The van der Waals surface area contributed by atoms with E-state index in [2.05, 4.69) is 15.3 Å². The molecule has 25 heavy (non-hydrogen) atoms. The van der Waals surface area contributed by atoms with Gasteiger partial charge in [-0.05, 0) is 36.8 Å². The minimum absolute atomic E-state index is 0.148. The molecule has 0 saturated carbocycles. The fraction of sp³-hybridized carbons (Fsp3) is 0.235. The highest BCUT2D eigenvalue weighted by atomic mass is 32.1. The number of imidazole rings is 1. The van der Waals surface area contributed by atoms with Crippen LogP contribution >= 0.6 is 23.6 Å². The molecule has 3 aromatic rings. The molecule has 3 rings (SSSR count). The minimum atomic E-state index is -0.458.